The van der Waals surface area contributed by atoms with Gasteiger partial charge in [-0.15, -0.1) is 0 Å². The SMILES string of the molecule is CC(C)(C)[Si](C)(C)OC1=C[C@@H]2C(O[Si](C)(C)C(C)(C)C)c3ccccc3C[C@H]2C1. The van der Waals surface area contributed by atoms with Gasteiger partial charge in [0, 0.05) is 12.3 Å². The van der Waals surface area contributed by atoms with E-state index in [0.717, 1.165) is 12.8 Å². The van der Waals surface area contributed by atoms with Crippen LogP contribution in [0, 0.1) is 11.8 Å². The van der Waals surface area contributed by atoms with Gasteiger partial charge < -0.3 is 8.85 Å². The monoisotopic (exact) mass is 430 g/mol. The van der Waals surface area contributed by atoms with Crippen LogP contribution < -0.4 is 0 Å². The van der Waals surface area contributed by atoms with Gasteiger partial charge in [-0.3, -0.25) is 0 Å². The van der Waals surface area contributed by atoms with Crippen molar-refractivity contribution in [2.75, 3.05) is 0 Å². The third-order valence-electron chi connectivity index (χ3n) is 8.00. The molecule has 0 spiro atoms. The summed E-state index contributed by atoms with van der Waals surface area (Å²) in [6.07, 6.45) is 4.80. The molecule has 2 nitrogen and oxygen atoms in total. The fourth-order valence-corrected chi connectivity index (χ4v) is 6.42. The van der Waals surface area contributed by atoms with Gasteiger partial charge in [-0.05, 0) is 65.8 Å². The Balaban J connectivity index is 1.94. The largest absolute Gasteiger partial charge is 0.547 e. The summed E-state index contributed by atoms with van der Waals surface area (Å²) in [5, 5.41) is 0.430. The molecule has 0 fully saturated rings. The van der Waals surface area contributed by atoms with E-state index in [1.54, 1.807) is 0 Å². The molecule has 0 radical (unpaired) electrons. The van der Waals surface area contributed by atoms with E-state index in [0.29, 0.717) is 11.8 Å². The molecule has 1 aromatic rings. The molecule has 4 heteroatoms. The number of fused-ring (bicyclic) bond motifs is 2. The average molecular weight is 431 g/mol. The van der Waals surface area contributed by atoms with E-state index in [1.165, 1.54) is 16.9 Å². The zero-order valence-electron chi connectivity index (χ0n) is 20.3. The Morgan fingerprint density at radius 3 is 2.00 bits per heavy atom. The van der Waals surface area contributed by atoms with Crippen LogP contribution in [0.3, 0.4) is 0 Å². The second kappa shape index (κ2) is 7.38. The molecule has 1 unspecified atom stereocenters. The van der Waals surface area contributed by atoms with Gasteiger partial charge in [0.2, 0.25) is 8.32 Å². The standard InChI is InChI=1S/C25H42O2Si2/c1-24(2,3)28(7,8)26-20-16-19-15-18-13-11-12-14-21(18)23(22(19)17-20)27-29(9,10)25(4,5)6/h11-14,17,19,22-23H,15-16H2,1-10H3/t19-,22-,23?/m0/s1. The molecule has 29 heavy (non-hydrogen) atoms. The van der Waals surface area contributed by atoms with Crippen LogP contribution >= 0.6 is 0 Å². The zero-order valence-corrected chi connectivity index (χ0v) is 22.3. The highest BCUT2D eigenvalue weighted by Crippen LogP contribution is 2.52. The molecule has 0 amide bonds. The van der Waals surface area contributed by atoms with Crippen molar-refractivity contribution >= 4 is 16.6 Å². The van der Waals surface area contributed by atoms with Gasteiger partial charge in [0.15, 0.2) is 8.32 Å². The number of rotatable bonds is 4. The van der Waals surface area contributed by atoms with Crippen molar-refractivity contribution in [3.63, 3.8) is 0 Å². The fourth-order valence-electron chi connectivity index (χ4n) is 4.04. The predicted molar refractivity (Wildman–Crippen MR) is 129 cm³/mol. The van der Waals surface area contributed by atoms with Crippen molar-refractivity contribution in [3.8, 4) is 0 Å². The number of hydrogen-bond acceptors (Lipinski definition) is 2. The maximum absolute atomic E-state index is 7.08. The van der Waals surface area contributed by atoms with Gasteiger partial charge in [-0.1, -0.05) is 65.8 Å². The first-order chi connectivity index (χ1) is 13.1. The lowest BCUT2D eigenvalue weighted by atomic mass is 9.76. The lowest BCUT2D eigenvalue weighted by Crippen LogP contribution is -2.44. The summed E-state index contributed by atoms with van der Waals surface area (Å²) in [6.45, 7) is 23.4. The zero-order chi connectivity index (χ0) is 21.8. The third-order valence-corrected chi connectivity index (χ3v) is 16.8. The van der Waals surface area contributed by atoms with Crippen LogP contribution in [-0.4, -0.2) is 16.6 Å². The molecule has 162 valence electrons. The molecule has 0 aliphatic heterocycles. The van der Waals surface area contributed by atoms with Crippen molar-refractivity contribution in [3.05, 3.63) is 47.2 Å². The average Bonchev–Trinajstić information content (AvgIpc) is 2.93. The van der Waals surface area contributed by atoms with Crippen LogP contribution in [-0.2, 0) is 15.3 Å². The molecule has 0 bridgehead atoms. The van der Waals surface area contributed by atoms with E-state index in [-0.39, 0.29) is 16.2 Å². The smallest absolute Gasteiger partial charge is 0.250 e. The van der Waals surface area contributed by atoms with E-state index in [1.807, 2.05) is 0 Å². The Hall–Kier alpha value is -0.846. The summed E-state index contributed by atoms with van der Waals surface area (Å²) >= 11 is 0. The Morgan fingerprint density at radius 1 is 0.828 bits per heavy atom. The molecule has 0 saturated heterocycles. The van der Waals surface area contributed by atoms with Crippen molar-refractivity contribution in [2.45, 2.75) is 96.8 Å². The van der Waals surface area contributed by atoms with E-state index in [4.69, 9.17) is 8.85 Å². The van der Waals surface area contributed by atoms with Crippen LogP contribution in [0.5, 0.6) is 0 Å². The molecule has 0 aromatic heterocycles. The molecule has 3 atom stereocenters. The minimum atomic E-state index is -1.88. The second-order valence-corrected chi connectivity index (χ2v) is 21.7. The minimum Gasteiger partial charge on any atom is -0.547 e. The molecule has 0 N–H and O–H groups in total. The minimum absolute atomic E-state index is 0.159. The molecule has 1 aromatic carbocycles. The van der Waals surface area contributed by atoms with Gasteiger partial charge in [-0.2, -0.15) is 0 Å². The van der Waals surface area contributed by atoms with Gasteiger partial charge in [0.1, 0.15) is 0 Å². The number of hydrogen-bond donors (Lipinski definition) is 0. The molecule has 0 saturated carbocycles. The van der Waals surface area contributed by atoms with Crippen LogP contribution in [0.2, 0.25) is 36.3 Å². The quantitative estimate of drug-likeness (QED) is 0.453. The summed E-state index contributed by atoms with van der Waals surface area (Å²) < 4.78 is 13.8. The maximum atomic E-state index is 7.08. The van der Waals surface area contributed by atoms with Crippen molar-refractivity contribution in [1.82, 2.24) is 0 Å². The van der Waals surface area contributed by atoms with Gasteiger partial charge >= 0.3 is 0 Å². The normalized spacial score (nSPS) is 25.3. The third kappa shape index (κ3) is 4.45. The summed E-state index contributed by atoms with van der Waals surface area (Å²) in [7, 11) is -3.69. The maximum Gasteiger partial charge on any atom is 0.250 e. The molecular formula is C25H42O2Si2. The molecule has 2 aliphatic carbocycles. The molecule has 3 rings (SSSR count). The number of benzene rings is 1. The van der Waals surface area contributed by atoms with Gasteiger partial charge in [-0.25, -0.2) is 0 Å². The first-order valence-electron chi connectivity index (χ1n) is 11.3. The summed E-state index contributed by atoms with van der Waals surface area (Å²) in [5.41, 5.74) is 2.88. The molecule has 0 heterocycles. The van der Waals surface area contributed by atoms with E-state index < -0.39 is 16.6 Å². The lowest BCUT2D eigenvalue weighted by Gasteiger charge is -2.44. The van der Waals surface area contributed by atoms with Crippen molar-refractivity contribution in [1.29, 1.82) is 0 Å². The topological polar surface area (TPSA) is 18.5 Å². The van der Waals surface area contributed by atoms with Gasteiger partial charge in [0.25, 0.3) is 0 Å². The van der Waals surface area contributed by atoms with Crippen molar-refractivity contribution < 1.29 is 8.85 Å². The lowest BCUT2D eigenvalue weighted by molar-refractivity contribution is 0.101. The highest BCUT2D eigenvalue weighted by molar-refractivity contribution is 6.74. The van der Waals surface area contributed by atoms with E-state index >= 15 is 0 Å². The Kier molecular flexibility index (Phi) is 5.81. The van der Waals surface area contributed by atoms with Crippen molar-refractivity contribution in [2.24, 2.45) is 11.8 Å². The molecular weight excluding hydrogens is 388 g/mol. The summed E-state index contributed by atoms with van der Waals surface area (Å²) in [6, 6.07) is 8.95. The van der Waals surface area contributed by atoms with Crippen LogP contribution in [0.15, 0.2) is 36.1 Å². The first kappa shape index (κ1) is 22.8. The van der Waals surface area contributed by atoms with E-state index in [9.17, 15) is 0 Å². The fraction of sp³-hybridized carbons (Fsp3) is 0.680. The summed E-state index contributed by atoms with van der Waals surface area (Å²) in [4.78, 5) is 0. The number of allylic oxidation sites excluding steroid dienone is 1. The Labute approximate surface area is 181 Å². The van der Waals surface area contributed by atoms with Crippen LogP contribution in [0.4, 0.5) is 0 Å². The first-order valence-corrected chi connectivity index (χ1v) is 17.1. The summed E-state index contributed by atoms with van der Waals surface area (Å²) in [5.74, 6) is 2.25. The predicted octanol–water partition coefficient (Wildman–Crippen LogP) is 7.85. The highest BCUT2D eigenvalue weighted by Gasteiger charge is 2.47. The van der Waals surface area contributed by atoms with Gasteiger partial charge in [0.05, 0.1) is 11.9 Å². The Bertz CT molecular complexity index is 781. The highest BCUT2D eigenvalue weighted by atomic mass is 28.4. The molecule has 2 aliphatic rings. The second-order valence-electron chi connectivity index (χ2n) is 12.2. The van der Waals surface area contributed by atoms with E-state index in [2.05, 4.69) is 98.1 Å². The Morgan fingerprint density at radius 2 is 1.41 bits per heavy atom. The van der Waals surface area contributed by atoms with Crippen LogP contribution in [0.1, 0.15) is 65.2 Å². The van der Waals surface area contributed by atoms with Crippen LogP contribution in [0.25, 0.3) is 0 Å².